The second-order valence-corrected chi connectivity index (χ2v) is 11.5. The van der Waals surface area contributed by atoms with Crippen LogP contribution in [0.2, 0.25) is 5.02 Å². The Morgan fingerprint density at radius 3 is 2.54 bits per heavy atom. The molecule has 6 nitrogen and oxygen atoms in total. The largest absolute Gasteiger partial charge is 0.307 e. The molecule has 3 aromatic heterocycles. The molecule has 0 aliphatic heterocycles. The van der Waals surface area contributed by atoms with Gasteiger partial charge in [0.25, 0.3) is 0 Å². The molecule has 1 aliphatic carbocycles. The number of fused-ring (bicyclic) bond motifs is 2. The molecule has 1 saturated carbocycles. The number of H-pyrrole nitrogens is 1. The molecule has 6 rings (SSSR count). The van der Waals surface area contributed by atoms with Crippen molar-refractivity contribution in [2.45, 2.75) is 23.8 Å². The molecule has 1 aliphatic rings. The van der Waals surface area contributed by atoms with Crippen LogP contribution in [0.4, 0.5) is 0 Å². The fraction of sp³-hybridized carbons (Fsp3) is 0.148. The zero-order chi connectivity index (χ0) is 24.2. The van der Waals surface area contributed by atoms with Gasteiger partial charge in [0.05, 0.1) is 27.2 Å². The van der Waals surface area contributed by atoms with Crippen LogP contribution in [0.3, 0.4) is 0 Å². The van der Waals surface area contributed by atoms with Crippen LogP contribution in [-0.4, -0.2) is 28.6 Å². The van der Waals surface area contributed by atoms with Crippen LogP contribution in [0.5, 0.6) is 0 Å². The van der Waals surface area contributed by atoms with E-state index < -0.39 is 9.84 Å². The van der Waals surface area contributed by atoms with E-state index in [1.165, 1.54) is 6.07 Å². The summed E-state index contributed by atoms with van der Waals surface area (Å²) in [5.74, 6) is -0.152. The summed E-state index contributed by atoms with van der Waals surface area (Å²) in [5, 5.41) is 1.58. The highest BCUT2D eigenvalue weighted by Gasteiger charge is 2.37. The van der Waals surface area contributed by atoms with Crippen molar-refractivity contribution >= 4 is 43.4 Å². The van der Waals surface area contributed by atoms with Gasteiger partial charge in [0, 0.05) is 34.2 Å². The van der Waals surface area contributed by atoms with Crippen molar-refractivity contribution in [2.75, 3.05) is 0 Å². The highest BCUT2D eigenvalue weighted by molar-refractivity contribution is 7.91. The second-order valence-electron chi connectivity index (χ2n) is 8.80. The normalized spacial score (nSPS) is 14.0. The van der Waals surface area contributed by atoms with Crippen LogP contribution in [0.25, 0.3) is 44.3 Å². The average molecular weight is 502 g/mol. The van der Waals surface area contributed by atoms with Crippen molar-refractivity contribution < 1.29 is 8.42 Å². The van der Waals surface area contributed by atoms with Gasteiger partial charge in [-0.1, -0.05) is 48.0 Å². The minimum absolute atomic E-state index is 0.152. The summed E-state index contributed by atoms with van der Waals surface area (Å²) in [6, 6.07) is 20.1. The van der Waals surface area contributed by atoms with Crippen molar-refractivity contribution in [2.24, 2.45) is 0 Å². The van der Waals surface area contributed by atoms with E-state index in [9.17, 15) is 13.2 Å². The van der Waals surface area contributed by atoms with Crippen LogP contribution in [0.15, 0.2) is 77.7 Å². The molecule has 5 aromatic rings. The summed E-state index contributed by atoms with van der Waals surface area (Å²) >= 11 is 6.65. The standard InChI is InChI=1S/C27H20ClN3O3S/c28-22-14-18(13-17-7-4-12-29-25(17)22)24-21(15-35(33,34)19-8-9-19)20-10-11-23(32)30-27(20)31-26(24)16-5-2-1-3-6-16/h1-7,10-14,19H,8-9,15H2,(H,30,31,32). The van der Waals surface area contributed by atoms with Crippen LogP contribution in [0, 0.1) is 0 Å². The average Bonchev–Trinajstić information content (AvgIpc) is 3.70. The van der Waals surface area contributed by atoms with Gasteiger partial charge in [0.15, 0.2) is 9.84 Å². The first-order valence-corrected chi connectivity index (χ1v) is 13.4. The number of pyridine rings is 3. The Morgan fingerprint density at radius 1 is 0.971 bits per heavy atom. The molecule has 8 heteroatoms. The molecule has 0 atom stereocenters. The maximum atomic E-state index is 13.3. The van der Waals surface area contributed by atoms with E-state index in [0.717, 1.165) is 16.5 Å². The van der Waals surface area contributed by atoms with Crippen molar-refractivity contribution in [3.63, 3.8) is 0 Å². The quantitative estimate of drug-likeness (QED) is 0.341. The number of hydrogen-bond acceptors (Lipinski definition) is 5. The molecule has 0 radical (unpaired) electrons. The Labute approximate surface area is 206 Å². The number of nitrogens with zero attached hydrogens (tertiary/aromatic N) is 2. The van der Waals surface area contributed by atoms with E-state index in [1.807, 2.05) is 54.6 Å². The third kappa shape index (κ3) is 4.00. The maximum Gasteiger partial charge on any atom is 0.249 e. The lowest BCUT2D eigenvalue weighted by atomic mass is 9.92. The van der Waals surface area contributed by atoms with Gasteiger partial charge in [-0.05, 0) is 48.2 Å². The minimum atomic E-state index is -3.39. The molecule has 35 heavy (non-hydrogen) atoms. The van der Waals surface area contributed by atoms with E-state index in [4.69, 9.17) is 16.6 Å². The summed E-state index contributed by atoms with van der Waals surface area (Å²) < 4.78 is 26.5. The van der Waals surface area contributed by atoms with Crippen LogP contribution >= 0.6 is 11.6 Å². The number of nitrogens with one attached hydrogen (secondary N) is 1. The summed E-state index contributed by atoms with van der Waals surface area (Å²) in [6.07, 6.45) is 3.04. The number of benzene rings is 2. The van der Waals surface area contributed by atoms with Crippen molar-refractivity contribution in [3.8, 4) is 22.4 Å². The SMILES string of the molecule is O=c1ccc2c(CS(=O)(=O)C3CC3)c(-c3cc(Cl)c4ncccc4c3)c(-c3ccccc3)nc2[nH]1. The molecule has 0 bridgehead atoms. The van der Waals surface area contributed by atoms with E-state index >= 15 is 0 Å². The van der Waals surface area contributed by atoms with Crippen molar-refractivity contribution in [1.82, 2.24) is 15.0 Å². The molecule has 0 saturated heterocycles. The van der Waals surface area contributed by atoms with Gasteiger partial charge in [-0.25, -0.2) is 13.4 Å². The summed E-state index contributed by atoms with van der Waals surface area (Å²) in [5.41, 5.74) is 4.16. The predicted octanol–water partition coefficient (Wildman–Crippen LogP) is 5.54. The molecule has 2 aromatic carbocycles. The summed E-state index contributed by atoms with van der Waals surface area (Å²) in [4.78, 5) is 24.2. The Kier molecular flexibility index (Phi) is 5.20. The molecule has 174 valence electrons. The second kappa shape index (κ2) is 8.29. The lowest BCUT2D eigenvalue weighted by Gasteiger charge is -2.18. The molecule has 0 spiro atoms. The van der Waals surface area contributed by atoms with Gasteiger partial charge < -0.3 is 4.98 Å². The number of hydrogen-bond donors (Lipinski definition) is 1. The summed E-state index contributed by atoms with van der Waals surface area (Å²) in [6.45, 7) is 0. The van der Waals surface area contributed by atoms with E-state index in [0.29, 0.717) is 51.2 Å². The van der Waals surface area contributed by atoms with Crippen LogP contribution in [-0.2, 0) is 15.6 Å². The zero-order valence-electron chi connectivity index (χ0n) is 18.5. The Hall–Kier alpha value is -3.55. The van der Waals surface area contributed by atoms with E-state index in [-0.39, 0.29) is 16.6 Å². The Morgan fingerprint density at radius 2 is 1.77 bits per heavy atom. The minimum Gasteiger partial charge on any atom is -0.307 e. The lowest BCUT2D eigenvalue weighted by Crippen LogP contribution is -2.13. The Balaban J connectivity index is 1.74. The van der Waals surface area contributed by atoms with Crippen LogP contribution in [0.1, 0.15) is 18.4 Å². The molecular formula is C27H20ClN3O3S. The molecule has 1 fully saturated rings. The molecule has 0 amide bonds. The third-order valence-corrected chi connectivity index (χ3v) is 8.82. The topological polar surface area (TPSA) is 92.8 Å². The maximum absolute atomic E-state index is 13.3. The first-order valence-electron chi connectivity index (χ1n) is 11.3. The highest BCUT2D eigenvalue weighted by Crippen LogP contribution is 2.42. The predicted molar refractivity (Wildman–Crippen MR) is 139 cm³/mol. The van der Waals surface area contributed by atoms with Gasteiger partial charge in [0.1, 0.15) is 5.65 Å². The van der Waals surface area contributed by atoms with Crippen molar-refractivity contribution in [3.05, 3.63) is 93.9 Å². The van der Waals surface area contributed by atoms with Crippen molar-refractivity contribution in [1.29, 1.82) is 0 Å². The van der Waals surface area contributed by atoms with Crippen LogP contribution < -0.4 is 5.56 Å². The lowest BCUT2D eigenvalue weighted by molar-refractivity contribution is 0.594. The number of aromatic amines is 1. The monoisotopic (exact) mass is 501 g/mol. The zero-order valence-corrected chi connectivity index (χ0v) is 20.1. The molecule has 3 heterocycles. The first kappa shape index (κ1) is 21.9. The smallest absolute Gasteiger partial charge is 0.249 e. The number of sulfone groups is 1. The highest BCUT2D eigenvalue weighted by atomic mass is 35.5. The van der Waals surface area contributed by atoms with Gasteiger partial charge in [-0.3, -0.25) is 9.78 Å². The van der Waals surface area contributed by atoms with E-state index in [1.54, 1.807) is 12.3 Å². The fourth-order valence-electron chi connectivity index (χ4n) is 4.54. The van der Waals surface area contributed by atoms with Gasteiger partial charge >= 0.3 is 0 Å². The number of rotatable bonds is 5. The molecule has 0 unspecified atom stereocenters. The van der Waals surface area contributed by atoms with Gasteiger partial charge in [-0.15, -0.1) is 0 Å². The fourth-order valence-corrected chi connectivity index (χ4v) is 6.61. The van der Waals surface area contributed by atoms with Gasteiger partial charge in [0.2, 0.25) is 5.56 Å². The van der Waals surface area contributed by atoms with Gasteiger partial charge in [-0.2, -0.15) is 0 Å². The molecule has 1 N–H and O–H groups in total. The number of aromatic nitrogens is 3. The summed E-state index contributed by atoms with van der Waals surface area (Å²) in [7, 11) is -3.39. The number of halogens is 1. The Bertz CT molecular complexity index is 1780. The molecular weight excluding hydrogens is 482 g/mol. The first-order chi connectivity index (χ1) is 16.9. The third-order valence-electron chi connectivity index (χ3n) is 6.36. The van der Waals surface area contributed by atoms with E-state index in [2.05, 4.69) is 9.97 Å².